The molecule has 1 aromatic heterocycles. The summed E-state index contributed by atoms with van der Waals surface area (Å²) in [6.45, 7) is 6.64. The summed E-state index contributed by atoms with van der Waals surface area (Å²) < 4.78 is 0. The maximum Gasteiger partial charge on any atom is 0.331 e. The third-order valence-electron chi connectivity index (χ3n) is 3.03. The lowest BCUT2D eigenvalue weighted by Crippen LogP contribution is -2.43. The molecule has 1 aromatic rings. The Morgan fingerprint density at radius 2 is 2.16 bits per heavy atom. The number of hydrogen-bond acceptors (Lipinski definition) is 3. The van der Waals surface area contributed by atoms with Crippen LogP contribution in [0.25, 0.3) is 0 Å². The van der Waals surface area contributed by atoms with Crippen LogP contribution in [0, 0.1) is 5.41 Å². The van der Waals surface area contributed by atoms with E-state index in [2.05, 4.69) is 10.6 Å². The first-order valence-corrected chi connectivity index (χ1v) is 7.04. The van der Waals surface area contributed by atoms with Gasteiger partial charge in [0.25, 0.3) is 0 Å². The molecule has 5 nitrogen and oxygen atoms in total. The molecule has 0 spiro atoms. The van der Waals surface area contributed by atoms with E-state index in [-0.39, 0.29) is 5.41 Å². The zero-order valence-corrected chi connectivity index (χ0v) is 12.2. The SMILES string of the molecule is CCC(C)(C)CNC(=O)NC(C(=O)O)c1cccs1. The van der Waals surface area contributed by atoms with E-state index >= 15 is 0 Å². The zero-order chi connectivity index (χ0) is 14.5. The lowest BCUT2D eigenvalue weighted by Gasteiger charge is -2.23. The summed E-state index contributed by atoms with van der Waals surface area (Å²) in [7, 11) is 0. The molecular formula is C13H20N2O3S. The van der Waals surface area contributed by atoms with Crippen LogP contribution in [-0.2, 0) is 4.79 Å². The summed E-state index contributed by atoms with van der Waals surface area (Å²) in [5.41, 5.74) is -0.001000. The molecule has 0 saturated heterocycles. The third kappa shape index (κ3) is 4.90. The molecule has 0 aromatic carbocycles. The summed E-state index contributed by atoms with van der Waals surface area (Å²) in [5, 5.41) is 16.1. The summed E-state index contributed by atoms with van der Waals surface area (Å²) in [6.07, 6.45) is 0.931. The van der Waals surface area contributed by atoms with Gasteiger partial charge in [-0.25, -0.2) is 9.59 Å². The molecular weight excluding hydrogens is 264 g/mol. The number of thiophene rings is 1. The number of aliphatic carboxylic acids is 1. The number of hydrogen-bond donors (Lipinski definition) is 3. The van der Waals surface area contributed by atoms with Crippen LogP contribution in [-0.4, -0.2) is 23.7 Å². The van der Waals surface area contributed by atoms with Crippen LogP contribution in [0.4, 0.5) is 4.79 Å². The van der Waals surface area contributed by atoms with Crippen LogP contribution in [0.3, 0.4) is 0 Å². The van der Waals surface area contributed by atoms with Gasteiger partial charge in [0.1, 0.15) is 0 Å². The number of amides is 2. The van der Waals surface area contributed by atoms with Gasteiger partial charge >= 0.3 is 12.0 Å². The van der Waals surface area contributed by atoms with Crippen LogP contribution in [0.15, 0.2) is 17.5 Å². The van der Waals surface area contributed by atoms with Crippen LogP contribution >= 0.6 is 11.3 Å². The van der Waals surface area contributed by atoms with Gasteiger partial charge in [-0.05, 0) is 23.3 Å². The minimum Gasteiger partial charge on any atom is -0.479 e. The Balaban J connectivity index is 2.56. The van der Waals surface area contributed by atoms with Crippen LogP contribution in [0.5, 0.6) is 0 Å². The summed E-state index contributed by atoms with van der Waals surface area (Å²) in [6, 6.07) is 2.00. The molecule has 0 aliphatic heterocycles. The van der Waals surface area contributed by atoms with Gasteiger partial charge in [-0.15, -0.1) is 11.3 Å². The largest absolute Gasteiger partial charge is 0.479 e. The Bertz CT molecular complexity index is 429. The quantitative estimate of drug-likeness (QED) is 0.751. The predicted octanol–water partition coefficient (Wildman–Crippen LogP) is 2.61. The van der Waals surface area contributed by atoms with Gasteiger partial charge in [0.2, 0.25) is 0 Å². The molecule has 0 radical (unpaired) electrons. The van der Waals surface area contributed by atoms with E-state index in [1.54, 1.807) is 17.5 Å². The maximum atomic E-state index is 11.7. The Kier molecular flexibility index (Phi) is 5.35. The molecule has 0 saturated carbocycles. The van der Waals surface area contributed by atoms with Crippen LogP contribution in [0.1, 0.15) is 38.1 Å². The summed E-state index contributed by atoms with van der Waals surface area (Å²) in [4.78, 5) is 23.5. The average Bonchev–Trinajstić information content (AvgIpc) is 2.86. The second-order valence-corrected chi connectivity index (χ2v) is 6.11. The van der Waals surface area contributed by atoms with Gasteiger partial charge in [-0.1, -0.05) is 26.8 Å². The summed E-state index contributed by atoms with van der Waals surface area (Å²) >= 11 is 1.31. The first kappa shape index (κ1) is 15.5. The molecule has 106 valence electrons. The fraction of sp³-hybridized carbons (Fsp3) is 0.538. The van der Waals surface area contributed by atoms with E-state index < -0.39 is 18.0 Å². The molecule has 0 aliphatic carbocycles. The second kappa shape index (κ2) is 6.56. The van der Waals surface area contributed by atoms with Crippen molar-refractivity contribution < 1.29 is 14.7 Å². The van der Waals surface area contributed by atoms with Gasteiger partial charge in [0.15, 0.2) is 6.04 Å². The minimum absolute atomic E-state index is 0.001000. The van der Waals surface area contributed by atoms with Crippen molar-refractivity contribution in [3.8, 4) is 0 Å². The first-order chi connectivity index (χ1) is 8.85. The second-order valence-electron chi connectivity index (χ2n) is 5.13. The van der Waals surface area contributed by atoms with E-state index in [9.17, 15) is 9.59 Å². The zero-order valence-electron chi connectivity index (χ0n) is 11.4. The fourth-order valence-corrected chi connectivity index (χ4v) is 2.10. The molecule has 1 rings (SSSR count). The smallest absolute Gasteiger partial charge is 0.331 e. The van der Waals surface area contributed by atoms with Crippen LogP contribution < -0.4 is 10.6 Å². The average molecular weight is 284 g/mol. The first-order valence-electron chi connectivity index (χ1n) is 6.16. The number of nitrogens with one attached hydrogen (secondary N) is 2. The number of carboxylic acid groups (broad SMARTS) is 1. The highest BCUT2D eigenvalue weighted by Gasteiger charge is 2.24. The highest BCUT2D eigenvalue weighted by molar-refractivity contribution is 7.10. The number of carboxylic acids is 1. The van der Waals surface area contributed by atoms with Crippen molar-refractivity contribution >= 4 is 23.3 Å². The van der Waals surface area contributed by atoms with E-state index in [1.807, 2.05) is 20.8 Å². The Labute approximate surface area is 117 Å². The minimum atomic E-state index is -1.06. The van der Waals surface area contributed by atoms with Crippen molar-refractivity contribution in [2.75, 3.05) is 6.54 Å². The molecule has 1 heterocycles. The Morgan fingerprint density at radius 3 is 2.63 bits per heavy atom. The van der Waals surface area contributed by atoms with Crippen molar-refractivity contribution in [3.05, 3.63) is 22.4 Å². The topological polar surface area (TPSA) is 78.4 Å². The summed E-state index contributed by atoms with van der Waals surface area (Å²) in [5.74, 6) is -1.06. The highest BCUT2D eigenvalue weighted by Crippen LogP contribution is 2.20. The van der Waals surface area contributed by atoms with E-state index in [1.165, 1.54) is 11.3 Å². The fourth-order valence-electron chi connectivity index (χ4n) is 1.34. The Hall–Kier alpha value is -1.56. The monoisotopic (exact) mass is 284 g/mol. The highest BCUT2D eigenvalue weighted by atomic mass is 32.1. The van der Waals surface area contributed by atoms with Crippen molar-refractivity contribution in [3.63, 3.8) is 0 Å². The molecule has 2 amide bonds. The lowest BCUT2D eigenvalue weighted by molar-refractivity contribution is -0.139. The molecule has 6 heteroatoms. The van der Waals surface area contributed by atoms with Crippen molar-refractivity contribution in [2.24, 2.45) is 5.41 Å². The van der Waals surface area contributed by atoms with E-state index in [4.69, 9.17) is 5.11 Å². The number of carbonyl (C=O) groups excluding carboxylic acids is 1. The molecule has 1 unspecified atom stereocenters. The van der Waals surface area contributed by atoms with Crippen LogP contribution in [0.2, 0.25) is 0 Å². The molecule has 0 aliphatic rings. The lowest BCUT2D eigenvalue weighted by atomic mass is 9.90. The standard InChI is InChI=1S/C13H20N2O3S/c1-4-13(2,3)8-14-12(18)15-10(11(16)17)9-6-5-7-19-9/h5-7,10H,4,8H2,1-3H3,(H,16,17)(H2,14,15,18). The molecule has 3 N–H and O–H groups in total. The van der Waals surface area contributed by atoms with Gasteiger partial charge < -0.3 is 15.7 Å². The molecule has 0 fully saturated rings. The van der Waals surface area contributed by atoms with Crippen molar-refractivity contribution in [1.29, 1.82) is 0 Å². The number of carbonyl (C=O) groups is 2. The van der Waals surface area contributed by atoms with Gasteiger partial charge in [0, 0.05) is 11.4 Å². The van der Waals surface area contributed by atoms with E-state index in [0.717, 1.165) is 6.42 Å². The molecule has 19 heavy (non-hydrogen) atoms. The van der Waals surface area contributed by atoms with E-state index in [0.29, 0.717) is 11.4 Å². The number of rotatable bonds is 6. The predicted molar refractivity (Wildman–Crippen MR) is 75.3 cm³/mol. The Morgan fingerprint density at radius 1 is 1.47 bits per heavy atom. The van der Waals surface area contributed by atoms with Gasteiger partial charge in [-0.3, -0.25) is 0 Å². The van der Waals surface area contributed by atoms with Gasteiger partial charge in [-0.2, -0.15) is 0 Å². The normalized spacial score (nSPS) is 12.8. The number of urea groups is 1. The molecule has 0 bridgehead atoms. The molecule has 1 atom stereocenters. The third-order valence-corrected chi connectivity index (χ3v) is 3.97. The van der Waals surface area contributed by atoms with Gasteiger partial charge in [0.05, 0.1) is 0 Å². The van der Waals surface area contributed by atoms with Crippen molar-refractivity contribution in [2.45, 2.75) is 33.2 Å². The van der Waals surface area contributed by atoms with Crippen molar-refractivity contribution in [1.82, 2.24) is 10.6 Å². The maximum absolute atomic E-state index is 11.7.